The van der Waals surface area contributed by atoms with E-state index < -0.39 is 7.26 Å². The average molecular weight is 380 g/mol. The van der Waals surface area contributed by atoms with Crippen LogP contribution in [0.15, 0.2) is 97.6 Å². The monoisotopic (exact) mass is 379 g/mol. The first kappa shape index (κ1) is 18.3. The molecule has 0 unspecified atom stereocenters. The number of hydrogen-bond donors (Lipinski definition) is 0. The van der Waals surface area contributed by atoms with E-state index in [0.717, 1.165) is 5.69 Å². The Balaban J connectivity index is 0.00000196. The molecule has 3 aromatic carbocycles. The maximum Gasteiger partial charge on any atom is 0.138 e. The Kier molecular flexibility index (Phi) is 5.51. The van der Waals surface area contributed by atoms with Crippen LogP contribution in [-0.2, 0) is 0 Å². The highest BCUT2D eigenvalue weighted by atomic mass is 35.5. The van der Waals surface area contributed by atoms with Crippen LogP contribution in [0.1, 0.15) is 0 Å². The Hall–Kier alpha value is -2.48. The molecule has 1 aromatic heterocycles. The summed E-state index contributed by atoms with van der Waals surface area (Å²) in [7, 11) is -1.79. The second kappa shape index (κ2) is 7.82. The van der Waals surface area contributed by atoms with Crippen molar-refractivity contribution in [3.8, 4) is 5.69 Å². The van der Waals surface area contributed by atoms with Crippen molar-refractivity contribution in [3.63, 3.8) is 0 Å². The molecule has 0 radical (unpaired) electrons. The van der Waals surface area contributed by atoms with Crippen LogP contribution >= 0.6 is 7.26 Å². The highest BCUT2D eigenvalue weighted by Crippen LogP contribution is 2.52. The van der Waals surface area contributed by atoms with Crippen molar-refractivity contribution in [2.75, 3.05) is 6.66 Å². The van der Waals surface area contributed by atoms with Crippen LogP contribution < -0.4 is 28.3 Å². The van der Waals surface area contributed by atoms with E-state index in [1.165, 1.54) is 15.9 Å². The van der Waals surface area contributed by atoms with E-state index in [2.05, 4.69) is 102 Å². The molecular weight excluding hydrogens is 361 g/mol. The topological polar surface area (TPSA) is 30.7 Å². The predicted molar refractivity (Wildman–Crippen MR) is 106 cm³/mol. The molecular formula is C21H19ClN3P. The average Bonchev–Trinajstić information content (AvgIpc) is 3.23. The minimum atomic E-state index is -1.79. The van der Waals surface area contributed by atoms with Gasteiger partial charge in [-0.1, -0.05) is 48.5 Å². The van der Waals surface area contributed by atoms with Crippen LogP contribution in [0, 0.1) is 0 Å². The van der Waals surface area contributed by atoms with Crippen molar-refractivity contribution in [1.82, 2.24) is 14.8 Å². The molecule has 0 N–H and O–H groups in total. The summed E-state index contributed by atoms with van der Waals surface area (Å²) in [5, 5.41) is 8.39. The molecule has 0 saturated heterocycles. The molecule has 0 aliphatic carbocycles. The van der Waals surface area contributed by atoms with Gasteiger partial charge in [0.1, 0.15) is 41.5 Å². The van der Waals surface area contributed by atoms with Crippen molar-refractivity contribution in [3.05, 3.63) is 97.6 Å². The number of hydrogen-bond acceptors (Lipinski definition) is 2. The third kappa shape index (κ3) is 3.16. The SMILES string of the molecule is C[P+](c1ccccc1)(c1ccccc1)c1ccccc1-n1cncn1.[Cl-]. The van der Waals surface area contributed by atoms with E-state index >= 15 is 0 Å². The van der Waals surface area contributed by atoms with Crippen LogP contribution in [0.3, 0.4) is 0 Å². The third-order valence-electron chi connectivity index (χ3n) is 4.57. The molecule has 0 aliphatic rings. The lowest BCUT2D eigenvalue weighted by molar-refractivity contribution is -0.00000501. The maximum absolute atomic E-state index is 4.37. The summed E-state index contributed by atoms with van der Waals surface area (Å²) >= 11 is 0. The second-order valence-corrected chi connectivity index (χ2v) is 9.53. The molecule has 26 heavy (non-hydrogen) atoms. The zero-order valence-electron chi connectivity index (χ0n) is 14.4. The first-order valence-electron chi connectivity index (χ1n) is 8.22. The van der Waals surface area contributed by atoms with Gasteiger partial charge in [0.15, 0.2) is 0 Å². The van der Waals surface area contributed by atoms with Crippen LogP contribution in [-0.4, -0.2) is 21.4 Å². The van der Waals surface area contributed by atoms with Crippen LogP contribution in [0.2, 0.25) is 0 Å². The van der Waals surface area contributed by atoms with Crippen molar-refractivity contribution in [1.29, 1.82) is 0 Å². The van der Waals surface area contributed by atoms with E-state index in [1.54, 1.807) is 12.7 Å². The highest BCUT2D eigenvalue weighted by Gasteiger charge is 2.42. The van der Waals surface area contributed by atoms with Crippen molar-refractivity contribution < 1.29 is 12.4 Å². The number of halogens is 1. The van der Waals surface area contributed by atoms with Gasteiger partial charge in [-0.25, -0.2) is 9.67 Å². The highest BCUT2D eigenvalue weighted by molar-refractivity contribution is 7.95. The summed E-state index contributed by atoms with van der Waals surface area (Å²) in [5.41, 5.74) is 1.09. The van der Waals surface area contributed by atoms with Crippen LogP contribution in [0.5, 0.6) is 0 Å². The molecule has 5 heteroatoms. The summed E-state index contributed by atoms with van der Waals surface area (Å²) in [6.07, 6.45) is 3.34. The molecule has 0 fully saturated rings. The second-order valence-electron chi connectivity index (χ2n) is 6.01. The van der Waals surface area contributed by atoms with Gasteiger partial charge in [0.2, 0.25) is 0 Å². The molecule has 130 valence electrons. The van der Waals surface area contributed by atoms with E-state index in [9.17, 15) is 0 Å². The lowest BCUT2D eigenvalue weighted by Gasteiger charge is -2.25. The number of aromatic nitrogens is 3. The summed E-state index contributed by atoms with van der Waals surface area (Å²) in [4.78, 5) is 4.13. The zero-order valence-corrected chi connectivity index (χ0v) is 16.1. The molecule has 0 saturated carbocycles. The van der Waals surface area contributed by atoms with Crippen LogP contribution in [0.4, 0.5) is 0 Å². The summed E-state index contributed by atoms with van der Waals surface area (Å²) in [5.74, 6) is 0. The molecule has 1 heterocycles. The van der Waals surface area contributed by atoms with Gasteiger partial charge in [-0.05, 0) is 36.4 Å². The Morgan fingerprint density at radius 2 is 1.27 bits per heavy atom. The van der Waals surface area contributed by atoms with E-state index in [0.29, 0.717) is 0 Å². The van der Waals surface area contributed by atoms with Gasteiger partial charge < -0.3 is 12.4 Å². The molecule has 4 rings (SSSR count). The molecule has 0 atom stereocenters. The van der Waals surface area contributed by atoms with E-state index in [-0.39, 0.29) is 12.4 Å². The molecule has 0 aliphatic heterocycles. The lowest BCUT2D eigenvalue weighted by atomic mass is 10.3. The fourth-order valence-electron chi connectivity index (χ4n) is 3.25. The summed E-state index contributed by atoms with van der Waals surface area (Å²) in [6.45, 7) is 2.38. The van der Waals surface area contributed by atoms with Crippen molar-refractivity contribution in [2.24, 2.45) is 0 Å². The third-order valence-corrected chi connectivity index (χ3v) is 8.58. The fraction of sp³-hybridized carbons (Fsp3) is 0.0476. The minimum absolute atomic E-state index is 0. The van der Waals surface area contributed by atoms with Crippen molar-refractivity contribution in [2.45, 2.75) is 0 Å². The van der Waals surface area contributed by atoms with Gasteiger partial charge in [0.25, 0.3) is 0 Å². The first-order valence-corrected chi connectivity index (χ1v) is 10.5. The Morgan fingerprint density at radius 1 is 0.731 bits per heavy atom. The van der Waals surface area contributed by atoms with Crippen molar-refractivity contribution >= 4 is 23.2 Å². The fourth-order valence-corrected chi connectivity index (χ4v) is 6.66. The van der Waals surface area contributed by atoms with Gasteiger partial charge >= 0.3 is 0 Å². The first-order chi connectivity index (χ1) is 12.3. The quantitative estimate of drug-likeness (QED) is 0.474. The van der Waals surface area contributed by atoms with Gasteiger partial charge in [-0.2, -0.15) is 5.10 Å². The van der Waals surface area contributed by atoms with Gasteiger partial charge in [-0.3, -0.25) is 0 Å². The Bertz CT molecular complexity index is 917. The lowest BCUT2D eigenvalue weighted by Crippen LogP contribution is -3.00. The molecule has 0 spiro atoms. The molecule has 3 nitrogen and oxygen atoms in total. The number of rotatable bonds is 4. The summed E-state index contributed by atoms with van der Waals surface area (Å²) in [6, 6.07) is 30.1. The number of para-hydroxylation sites is 1. The maximum atomic E-state index is 4.37. The molecule has 0 bridgehead atoms. The smallest absolute Gasteiger partial charge is 0.138 e. The van der Waals surface area contributed by atoms with Gasteiger partial charge in [-0.15, -0.1) is 0 Å². The van der Waals surface area contributed by atoms with E-state index in [4.69, 9.17) is 0 Å². The normalized spacial score (nSPS) is 11.0. The number of benzene rings is 3. The Labute approximate surface area is 160 Å². The van der Waals surface area contributed by atoms with Gasteiger partial charge in [0, 0.05) is 0 Å². The van der Waals surface area contributed by atoms with Crippen LogP contribution in [0.25, 0.3) is 5.69 Å². The molecule has 0 amide bonds. The largest absolute Gasteiger partial charge is 1.00 e. The standard InChI is InChI=1S/C21H19N3P.ClH/c1-25(18-10-4-2-5-11-18,19-12-6-3-7-13-19)21-15-9-8-14-20(21)24-17-22-16-23-24;/h2-17H,1H3;1H/q+1;/p-1. The van der Waals surface area contributed by atoms with E-state index in [1.807, 2.05) is 4.68 Å². The Morgan fingerprint density at radius 3 is 1.81 bits per heavy atom. The zero-order chi connectivity index (χ0) is 17.1. The summed E-state index contributed by atoms with van der Waals surface area (Å²) < 4.78 is 1.86. The predicted octanol–water partition coefficient (Wildman–Crippen LogP) is 0.195. The number of nitrogens with zero attached hydrogens (tertiary/aromatic N) is 3. The molecule has 4 aromatic rings. The minimum Gasteiger partial charge on any atom is -1.00 e. The van der Waals surface area contributed by atoms with Gasteiger partial charge in [0.05, 0.1) is 6.66 Å².